The summed E-state index contributed by atoms with van der Waals surface area (Å²) in [6.45, 7) is 0.247. The van der Waals surface area contributed by atoms with Crippen LogP contribution in [-0.4, -0.2) is 39.6 Å². The van der Waals surface area contributed by atoms with Crippen LogP contribution in [0.1, 0.15) is 16.2 Å². The fraction of sp³-hybridized carbons (Fsp3) is 0.357. The van der Waals surface area contributed by atoms with Crippen LogP contribution in [0.5, 0.6) is 5.88 Å². The predicted octanol–water partition coefficient (Wildman–Crippen LogP) is 2.66. The van der Waals surface area contributed by atoms with Crippen LogP contribution in [0.4, 0.5) is 23.2 Å². The average molecular weight is 346 g/mol. The topological polar surface area (TPSA) is 69.0 Å². The van der Waals surface area contributed by atoms with Crippen molar-refractivity contribution in [2.24, 2.45) is 7.05 Å². The molecule has 0 aliphatic carbocycles. The van der Waals surface area contributed by atoms with Gasteiger partial charge in [-0.05, 0) is 19.1 Å². The average Bonchev–Trinajstić information content (AvgIpc) is 2.85. The van der Waals surface area contributed by atoms with E-state index < -0.39 is 24.9 Å². The number of aromatic nitrogens is 3. The lowest BCUT2D eigenvalue weighted by Gasteiger charge is -2.15. The number of carbonyl (C=O) groups excluding carboxylic acids is 1. The molecule has 0 atom stereocenters. The summed E-state index contributed by atoms with van der Waals surface area (Å²) < 4.78 is 55.4. The summed E-state index contributed by atoms with van der Waals surface area (Å²) in [5.41, 5.74) is 1.28. The maximum atomic E-state index is 12.7. The van der Waals surface area contributed by atoms with E-state index in [1.165, 1.54) is 16.8 Å². The van der Waals surface area contributed by atoms with E-state index in [4.69, 9.17) is 0 Å². The number of halogens is 4. The van der Waals surface area contributed by atoms with Crippen molar-refractivity contribution < 1.29 is 27.1 Å². The second kappa shape index (κ2) is 6.85. The van der Waals surface area contributed by atoms with Gasteiger partial charge in [-0.1, -0.05) is 0 Å². The normalized spacial score (nSPS) is 11.6. The first kappa shape index (κ1) is 17.7. The third kappa shape index (κ3) is 4.21. The van der Waals surface area contributed by atoms with E-state index in [9.17, 15) is 22.4 Å². The number of hydrogen-bond acceptors (Lipinski definition) is 4. The number of ether oxygens (including phenoxy) is 1. The number of rotatable bonds is 6. The lowest BCUT2D eigenvalue weighted by atomic mass is 10.3. The second-order valence-corrected chi connectivity index (χ2v) is 4.98. The Hall–Kier alpha value is -2.65. The number of anilines is 1. The molecule has 0 aliphatic heterocycles. The Morgan fingerprint density at radius 1 is 1.42 bits per heavy atom. The van der Waals surface area contributed by atoms with E-state index >= 15 is 0 Å². The Morgan fingerprint density at radius 2 is 2.12 bits per heavy atom. The van der Waals surface area contributed by atoms with Gasteiger partial charge in [0.15, 0.2) is 6.61 Å². The van der Waals surface area contributed by atoms with Crippen LogP contribution in [-0.2, 0) is 7.05 Å². The van der Waals surface area contributed by atoms with Crippen molar-refractivity contribution >= 4 is 11.6 Å². The Bertz CT molecular complexity index is 716. The number of amides is 1. The zero-order valence-corrected chi connectivity index (χ0v) is 12.8. The van der Waals surface area contributed by atoms with Gasteiger partial charge in [0.1, 0.15) is 5.69 Å². The van der Waals surface area contributed by atoms with Gasteiger partial charge < -0.3 is 10.1 Å². The molecule has 0 bridgehead atoms. The SMILES string of the molecule is Cc1cc(C(=O)Nc2ccc(OCC(F)(F)C(F)F)nc2)n(C)n1. The number of pyridine rings is 1. The number of nitrogens with one attached hydrogen (secondary N) is 1. The second-order valence-electron chi connectivity index (χ2n) is 4.98. The number of carbonyl (C=O) groups is 1. The summed E-state index contributed by atoms with van der Waals surface area (Å²) in [5, 5.41) is 6.58. The largest absolute Gasteiger partial charge is 0.471 e. The van der Waals surface area contributed by atoms with Crippen LogP contribution in [0.25, 0.3) is 0 Å². The summed E-state index contributed by atoms with van der Waals surface area (Å²) in [5.74, 6) is -4.95. The molecule has 24 heavy (non-hydrogen) atoms. The van der Waals surface area contributed by atoms with Crippen LogP contribution in [0, 0.1) is 6.92 Å². The highest BCUT2D eigenvalue weighted by Crippen LogP contribution is 2.24. The van der Waals surface area contributed by atoms with Gasteiger partial charge in [-0.3, -0.25) is 9.48 Å². The van der Waals surface area contributed by atoms with Crippen LogP contribution in [0.15, 0.2) is 24.4 Å². The van der Waals surface area contributed by atoms with Gasteiger partial charge in [-0.15, -0.1) is 0 Å². The maximum Gasteiger partial charge on any atom is 0.340 e. The molecule has 0 saturated carbocycles. The number of aryl methyl sites for hydroxylation is 2. The zero-order chi connectivity index (χ0) is 17.9. The minimum atomic E-state index is -4.26. The van der Waals surface area contributed by atoms with Crippen molar-refractivity contribution in [2.75, 3.05) is 11.9 Å². The monoisotopic (exact) mass is 346 g/mol. The Kier molecular flexibility index (Phi) is 5.05. The van der Waals surface area contributed by atoms with Crippen molar-refractivity contribution in [2.45, 2.75) is 19.3 Å². The molecule has 6 nitrogen and oxygen atoms in total. The fourth-order valence-corrected chi connectivity index (χ4v) is 1.79. The molecule has 2 rings (SSSR count). The highest BCUT2D eigenvalue weighted by atomic mass is 19.3. The first-order valence-corrected chi connectivity index (χ1v) is 6.76. The Morgan fingerprint density at radius 3 is 2.62 bits per heavy atom. The lowest BCUT2D eigenvalue weighted by molar-refractivity contribution is -0.148. The number of nitrogens with zero attached hydrogens (tertiary/aromatic N) is 3. The molecule has 0 fully saturated rings. The smallest absolute Gasteiger partial charge is 0.340 e. The Labute approximate surface area is 134 Å². The molecule has 1 amide bonds. The van der Waals surface area contributed by atoms with E-state index in [0.29, 0.717) is 11.4 Å². The van der Waals surface area contributed by atoms with Crippen LogP contribution in [0.2, 0.25) is 0 Å². The van der Waals surface area contributed by atoms with Crippen LogP contribution < -0.4 is 10.1 Å². The molecule has 130 valence electrons. The molecule has 0 unspecified atom stereocenters. The molecule has 0 spiro atoms. The van der Waals surface area contributed by atoms with E-state index in [-0.39, 0.29) is 11.6 Å². The summed E-state index contributed by atoms with van der Waals surface area (Å²) in [7, 11) is 1.61. The molecule has 1 N–H and O–H groups in total. The number of alkyl halides is 4. The first-order chi connectivity index (χ1) is 11.2. The minimum Gasteiger partial charge on any atom is -0.471 e. The third-order valence-corrected chi connectivity index (χ3v) is 2.96. The summed E-state index contributed by atoms with van der Waals surface area (Å²) in [6.07, 6.45) is -2.66. The van der Waals surface area contributed by atoms with Crippen LogP contribution >= 0.6 is 0 Å². The fourth-order valence-electron chi connectivity index (χ4n) is 1.79. The standard InChI is InChI=1S/C14H14F4N4O2/c1-8-5-10(22(2)21-8)12(23)20-9-3-4-11(19-6-9)24-7-14(17,18)13(15)16/h3-6,13H,7H2,1-2H3,(H,20,23). The van der Waals surface area contributed by atoms with Crippen molar-refractivity contribution in [3.63, 3.8) is 0 Å². The first-order valence-electron chi connectivity index (χ1n) is 6.76. The van der Waals surface area contributed by atoms with Crippen molar-refractivity contribution in [3.05, 3.63) is 35.8 Å². The molecule has 10 heteroatoms. The van der Waals surface area contributed by atoms with Crippen LogP contribution in [0.3, 0.4) is 0 Å². The molecule has 2 aromatic heterocycles. The van der Waals surface area contributed by atoms with Gasteiger partial charge >= 0.3 is 12.3 Å². The van der Waals surface area contributed by atoms with Crippen molar-refractivity contribution in [1.82, 2.24) is 14.8 Å². The molecule has 0 saturated heterocycles. The van der Waals surface area contributed by atoms with Gasteiger partial charge in [0.25, 0.3) is 5.91 Å². The van der Waals surface area contributed by atoms with Gasteiger partial charge in [0.05, 0.1) is 17.6 Å². The van der Waals surface area contributed by atoms with E-state index in [1.54, 1.807) is 20.0 Å². The molecule has 0 aliphatic rings. The summed E-state index contributed by atoms with van der Waals surface area (Å²) >= 11 is 0. The van der Waals surface area contributed by atoms with Gasteiger partial charge in [-0.25, -0.2) is 13.8 Å². The van der Waals surface area contributed by atoms with Crippen molar-refractivity contribution in [3.8, 4) is 5.88 Å². The van der Waals surface area contributed by atoms with Crippen molar-refractivity contribution in [1.29, 1.82) is 0 Å². The molecule has 0 radical (unpaired) electrons. The van der Waals surface area contributed by atoms with E-state index in [1.807, 2.05) is 0 Å². The lowest BCUT2D eigenvalue weighted by Crippen LogP contribution is -2.33. The minimum absolute atomic E-state index is 0.260. The molecular weight excluding hydrogens is 332 g/mol. The zero-order valence-electron chi connectivity index (χ0n) is 12.8. The summed E-state index contributed by atoms with van der Waals surface area (Å²) in [6, 6.07) is 4.13. The molecule has 2 aromatic rings. The quantitative estimate of drug-likeness (QED) is 0.817. The van der Waals surface area contributed by atoms with Gasteiger partial charge in [-0.2, -0.15) is 13.9 Å². The van der Waals surface area contributed by atoms with E-state index in [0.717, 1.165) is 6.20 Å². The highest BCUT2D eigenvalue weighted by molar-refractivity contribution is 6.03. The van der Waals surface area contributed by atoms with Gasteiger partial charge in [0.2, 0.25) is 5.88 Å². The predicted molar refractivity (Wildman–Crippen MR) is 76.6 cm³/mol. The highest BCUT2D eigenvalue weighted by Gasteiger charge is 2.41. The molecular formula is C14H14F4N4O2. The maximum absolute atomic E-state index is 12.7. The number of hydrogen-bond donors (Lipinski definition) is 1. The Balaban J connectivity index is 1.97. The van der Waals surface area contributed by atoms with E-state index in [2.05, 4.69) is 20.1 Å². The van der Waals surface area contributed by atoms with Gasteiger partial charge in [0, 0.05) is 13.1 Å². The third-order valence-electron chi connectivity index (χ3n) is 2.96. The molecule has 2 heterocycles. The molecule has 0 aromatic carbocycles. The summed E-state index contributed by atoms with van der Waals surface area (Å²) in [4.78, 5) is 15.7.